The zero-order valence-electron chi connectivity index (χ0n) is 11.6. The molecule has 0 spiro atoms. The Hall–Kier alpha value is -1.83. The summed E-state index contributed by atoms with van der Waals surface area (Å²) in [6.07, 6.45) is -2.65. The van der Waals surface area contributed by atoms with Crippen molar-refractivity contribution >= 4 is 11.4 Å². The molecule has 0 saturated carbocycles. The fraction of sp³-hybridized carbons (Fsp3) is 0.538. The molecule has 0 heterocycles. The summed E-state index contributed by atoms with van der Waals surface area (Å²) in [5.41, 5.74) is -1.91. The van der Waals surface area contributed by atoms with Gasteiger partial charge in [-0.15, -0.1) is 0 Å². The first kappa shape index (κ1) is 17.2. The Kier molecular flexibility index (Phi) is 5.95. The molecule has 0 amide bonds. The first-order valence-electron chi connectivity index (χ1n) is 6.45. The average Bonchev–Trinajstić information content (AvgIpc) is 2.41. The van der Waals surface area contributed by atoms with Crippen LogP contribution in [-0.4, -0.2) is 30.2 Å². The van der Waals surface area contributed by atoms with Crippen LogP contribution in [0.5, 0.6) is 0 Å². The van der Waals surface area contributed by atoms with E-state index in [1.54, 1.807) is 11.9 Å². The van der Waals surface area contributed by atoms with Gasteiger partial charge >= 0.3 is 6.18 Å². The van der Waals surface area contributed by atoms with Gasteiger partial charge in [0.1, 0.15) is 5.56 Å². The van der Waals surface area contributed by atoms with Crippen LogP contribution in [0.1, 0.15) is 24.8 Å². The summed E-state index contributed by atoms with van der Waals surface area (Å²) < 4.78 is 38.6. The number of unbranched alkanes of at least 4 members (excludes halogenated alkanes) is 2. The minimum Gasteiger partial charge on any atom is -0.396 e. The van der Waals surface area contributed by atoms with Crippen molar-refractivity contribution in [3.8, 4) is 0 Å². The summed E-state index contributed by atoms with van der Waals surface area (Å²) in [4.78, 5) is 11.2. The summed E-state index contributed by atoms with van der Waals surface area (Å²) in [7, 11) is 1.63. The van der Waals surface area contributed by atoms with E-state index in [0.29, 0.717) is 13.0 Å². The van der Waals surface area contributed by atoms with Crippen molar-refractivity contribution < 1.29 is 23.2 Å². The summed E-state index contributed by atoms with van der Waals surface area (Å²) in [5.74, 6) is 0. The lowest BCUT2D eigenvalue weighted by Gasteiger charge is -2.20. The van der Waals surface area contributed by atoms with E-state index in [2.05, 4.69) is 0 Å². The molecule has 0 atom stereocenters. The second kappa shape index (κ2) is 7.26. The molecule has 0 aliphatic carbocycles. The molecule has 0 aliphatic rings. The molecule has 0 radical (unpaired) electrons. The number of nitro benzene ring substituents is 1. The smallest absolute Gasteiger partial charge is 0.396 e. The molecule has 5 nitrogen and oxygen atoms in total. The molecular weight excluding hydrogens is 289 g/mol. The van der Waals surface area contributed by atoms with E-state index >= 15 is 0 Å². The first-order valence-corrected chi connectivity index (χ1v) is 6.45. The Bertz CT molecular complexity index is 492. The van der Waals surface area contributed by atoms with Crippen LogP contribution < -0.4 is 4.90 Å². The number of hydrogen-bond donors (Lipinski definition) is 1. The number of halogens is 3. The third-order valence-electron chi connectivity index (χ3n) is 3.07. The highest BCUT2D eigenvalue weighted by Gasteiger charge is 2.38. The SMILES string of the molecule is CN(CCCCCO)c1ccc([N+](=O)[O-])c(C(F)(F)F)c1. The minimum atomic E-state index is -4.77. The number of nitrogens with zero attached hydrogens (tertiary/aromatic N) is 2. The number of benzene rings is 1. The highest BCUT2D eigenvalue weighted by molar-refractivity contribution is 5.56. The fourth-order valence-corrected chi connectivity index (χ4v) is 1.91. The molecule has 0 bridgehead atoms. The van der Waals surface area contributed by atoms with Crippen molar-refractivity contribution in [3.05, 3.63) is 33.9 Å². The van der Waals surface area contributed by atoms with Crippen LogP contribution in [0.2, 0.25) is 0 Å². The van der Waals surface area contributed by atoms with Crippen molar-refractivity contribution in [2.45, 2.75) is 25.4 Å². The number of alkyl halides is 3. The zero-order chi connectivity index (χ0) is 16.0. The van der Waals surface area contributed by atoms with Crippen LogP contribution >= 0.6 is 0 Å². The van der Waals surface area contributed by atoms with Crippen LogP contribution in [0.15, 0.2) is 18.2 Å². The van der Waals surface area contributed by atoms with Crippen molar-refractivity contribution in [2.24, 2.45) is 0 Å². The van der Waals surface area contributed by atoms with Crippen molar-refractivity contribution in [2.75, 3.05) is 25.1 Å². The number of aliphatic hydroxyl groups is 1. The van der Waals surface area contributed by atoms with Crippen LogP contribution in [0, 0.1) is 10.1 Å². The van der Waals surface area contributed by atoms with E-state index in [-0.39, 0.29) is 12.3 Å². The molecule has 0 aliphatic heterocycles. The average molecular weight is 306 g/mol. The second-order valence-corrected chi connectivity index (χ2v) is 4.66. The van der Waals surface area contributed by atoms with E-state index in [4.69, 9.17) is 5.11 Å². The molecule has 1 N–H and O–H groups in total. The number of nitro groups is 1. The molecule has 0 saturated heterocycles. The minimum absolute atomic E-state index is 0.0828. The standard InChI is InChI=1S/C13H17F3N2O3/c1-17(7-3-2-4-8-19)10-5-6-12(18(20)21)11(9-10)13(14,15)16/h5-6,9,19H,2-4,7-8H2,1H3. The molecule has 0 aromatic heterocycles. The maximum absolute atomic E-state index is 12.9. The van der Waals surface area contributed by atoms with Crippen molar-refractivity contribution in [1.29, 1.82) is 0 Å². The number of rotatable bonds is 7. The second-order valence-electron chi connectivity index (χ2n) is 4.66. The molecular formula is C13H17F3N2O3. The highest BCUT2D eigenvalue weighted by atomic mass is 19.4. The number of anilines is 1. The van der Waals surface area contributed by atoms with Crippen molar-refractivity contribution in [3.63, 3.8) is 0 Å². The van der Waals surface area contributed by atoms with E-state index in [1.807, 2.05) is 0 Å². The lowest BCUT2D eigenvalue weighted by atomic mass is 10.1. The first-order chi connectivity index (χ1) is 9.77. The Morgan fingerprint density at radius 1 is 1.29 bits per heavy atom. The quantitative estimate of drug-likeness (QED) is 0.477. The van der Waals surface area contributed by atoms with Crippen LogP contribution in [-0.2, 0) is 6.18 Å². The Labute approximate surface area is 120 Å². The number of aliphatic hydroxyl groups excluding tert-OH is 1. The molecule has 1 rings (SSSR count). The van der Waals surface area contributed by atoms with Gasteiger partial charge in [-0.1, -0.05) is 0 Å². The van der Waals surface area contributed by atoms with Gasteiger partial charge in [0.05, 0.1) is 4.92 Å². The van der Waals surface area contributed by atoms with Crippen LogP contribution in [0.25, 0.3) is 0 Å². The van der Waals surface area contributed by atoms with Gasteiger partial charge in [0, 0.05) is 32.0 Å². The van der Waals surface area contributed by atoms with Gasteiger partial charge in [-0.05, 0) is 31.4 Å². The molecule has 1 aromatic carbocycles. The fourth-order valence-electron chi connectivity index (χ4n) is 1.91. The molecule has 0 fully saturated rings. The largest absolute Gasteiger partial charge is 0.423 e. The predicted molar refractivity (Wildman–Crippen MR) is 72.3 cm³/mol. The monoisotopic (exact) mass is 306 g/mol. The maximum Gasteiger partial charge on any atom is 0.423 e. The Morgan fingerprint density at radius 2 is 1.95 bits per heavy atom. The topological polar surface area (TPSA) is 66.6 Å². The maximum atomic E-state index is 12.9. The normalized spacial score (nSPS) is 11.5. The summed E-state index contributed by atoms with van der Waals surface area (Å²) >= 11 is 0. The third-order valence-corrected chi connectivity index (χ3v) is 3.07. The predicted octanol–water partition coefficient (Wildman–Crippen LogP) is 3.21. The van der Waals surface area contributed by atoms with E-state index in [0.717, 1.165) is 25.0 Å². The van der Waals surface area contributed by atoms with Gasteiger partial charge in [0.15, 0.2) is 0 Å². The van der Waals surface area contributed by atoms with E-state index in [1.165, 1.54) is 6.07 Å². The third kappa shape index (κ3) is 4.89. The van der Waals surface area contributed by atoms with E-state index < -0.39 is 22.4 Å². The molecule has 8 heteroatoms. The van der Waals surface area contributed by atoms with Crippen LogP contribution in [0.4, 0.5) is 24.5 Å². The van der Waals surface area contributed by atoms with Gasteiger partial charge in [-0.3, -0.25) is 10.1 Å². The van der Waals surface area contributed by atoms with Crippen molar-refractivity contribution in [1.82, 2.24) is 0 Å². The summed E-state index contributed by atoms with van der Waals surface area (Å²) in [5, 5.41) is 19.3. The Morgan fingerprint density at radius 3 is 2.48 bits per heavy atom. The van der Waals surface area contributed by atoms with Gasteiger partial charge < -0.3 is 10.0 Å². The molecule has 0 unspecified atom stereocenters. The highest BCUT2D eigenvalue weighted by Crippen LogP contribution is 2.38. The lowest BCUT2D eigenvalue weighted by Crippen LogP contribution is -2.19. The van der Waals surface area contributed by atoms with E-state index in [9.17, 15) is 23.3 Å². The van der Waals surface area contributed by atoms with Gasteiger partial charge in [0.2, 0.25) is 0 Å². The number of hydrogen-bond acceptors (Lipinski definition) is 4. The Balaban J connectivity index is 2.92. The molecule has 118 valence electrons. The zero-order valence-corrected chi connectivity index (χ0v) is 11.6. The summed E-state index contributed by atoms with van der Waals surface area (Å²) in [6, 6.07) is 2.98. The van der Waals surface area contributed by atoms with Gasteiger partial charge in [-0.2, -0.15) is 13.2 Å². The van der Waals surface area contributed by atoms with Gasteiger partial charge in [0.25, 0.3) is 5.69 Å². The van der Waals surface area contributed by atoms with Gasteiger partial charge in [-0.25, -0.2) is 0 Å². The molecule has 1 aromatic rings. The lowest BCUT2D eigenvalue weighted by molar-refractivity contribution is -0.388. The molecule has 21 heavy (non-hydrogen) atoms. The summed E-state index contributed by atoms with van der Waals surface area (Å²) in [6.45, 7) is 0.592. The van der Waals surface area contributed by atoms with Crippen LogP contribution in [0.3, 0.4) is 0 Å².